The zero-order valence-corrected chi connectivity index (χ0v) is 14.9. The van der Waals surface area contributed by atoms with Crippen molar-refractivity contribution in [3.63, 3.8) is 0 Å². The largest absolute Gasteiger partial charge is 0.467 e. The predicted molar refractivity (Wildman–Crippen MR) is 105 cm³/mol. The Bertz CT molecular complexity index is 1000. The van der Waals surface area contributed by atoms with Crippen LogP contribution in [0.25, 0.3) is 22.3 Å². The second kappa shape index (κ2) is 7.41. The zero-order valence-electron chi connectivity index (χ0n) is 14.9. The Morgan fingerprint density at radius 3 is 2.59 bits per heavy atom. The van der Waals surface area contributed by atoms with E-state index in [9.17, 15) is 4.79 Å². The molecule has 136 valence electrons. The quantitative estimate of drug-likeness (QED) is 0.518. The Balaban J connectivity index is 1.39. The van der Waals surface area contributed by atoms with E-state index in [4.69, 9.17) is 8.83 Å². The van der Waals surface area contributed by atoms with Crippen molar-refractivity contribution in [1.29, 1.82) is 0 Å². The number of fused-ring (bicyclic) bond motifs is 1. The molecule has 1 amide bonds. The monoisotopic (exact) mass is 360 g/mol. The maximum Gasteiger partial charge on any atom is 0.242 e. The van der Waals surface area contributed by atoms with E-state index in [2.05, 4.69) is 10.6 Å². The zero-order chi connectivity index (χ0) is 18.6. The summed E-state index contributed by atoms with van der Waals surface area (Å²) in [5.74, 6) is 1.46. The van der Waals surface area contributed by atoms with Gasteiger partial charge >= 0.3 is 0 Å². The molecule has 0 aliphatic carbocycles. The summed E-state index contributed by atoms with van der Waals surface area (Å²) in [4.78, 5) is 12.2. The third-order valence-electron chi connectivity index (χ3n) is 4.39. The van der Waals surface area contributed by atoms with Gasteiger partial charge in [0.25, 0.3) is 0 Å². The lowest BCUT2D eigenvalue weighted by molar-refractivity contribution is -0.121. The SMILES string of the molecule is C[C@H](Nc1ccc(-c2cc3ccccc3o2)cc1)C(=O)NCc1ccco1. The predicted octanol–water partition coefficient (Wildman–Crippen LogP) is 4.81. The molecule has 4 rings (SSSR count). The summed E-state index contributed by atoms with van der Waals surface area (Å²) in [5, 5.41) is 7.13. The van der Waals surface area contributed by atoms with Crippen LogP contribution in [0, 0.1) is 0 Å². The number of hydrogen-bond acceptors (Lipinski definition) is 4. The van der Waals surface area contributed by atoms with Crippen LogP contribution in [0.2, 0.25) is 0 Å². The first-order valence-electron chi connectivity index (χ1n) is 8.85. The molecule has 2 aromatic carbocycles. The summed E-state index contributed by atoms with van der Waals surface area (Å²) in [7, 11) is 0. The molecule has 0 saturated heterocycles. The molecule has 2 aromatic heterocycles. The number of carbonyl (C=O) groups is 1. The number of benzene rings is 2. The minimum absolute atomic E-state index is 0.0900. The summed E-state index contributed by atoms with van der Waals surface area (Å²) < 4.78 is 11.1. The average Bonchev–Trinajstić information content (AvgIpc) is 3.36. The number of amides is 1. The Morgan fingerprint density at radius 2 is 1.85 bits per heavy atom. The van der Waals surface area contributed by atoms with Gasteiger partial charge in [-0.2, -0.15) is 0 Å². The fourth-order valence-corrected chi connectivity index (χ4v) is 2.91. The van der Waals surface area contributed by atoms with Crippen molar-refractivity contribution in [2.45, 2.75) is 19.5 Å². The minimum atomic E-state index is -0.364. The van der Waals surface area contributed by atoms with Crippen molar-refractivity contribution >= 4 is 22.6 Å². The highest BCUT2D eigenvalue weighted by atomic mass is 16.3. The topological polar surface area (TPSA) is 67.4 Å². The summed E-state index contributed by atoms with van der Waals surface area (Å²) in [6, 6.07) is 21.1. The van der Waals surface area contributed by atoms with Gasteiger partial charge < -0.3 is 19.5 Å². The standard InChI is InChI=1S/C22H20N2O3/c1-15(22(25)23-14-19-6-4-12-26-19)24-18-10-8-16(9-11-18)21-13-17-5-2-3-7-20(17)27-21/h2-13,15,24H,14H2,1H3,(H,23,25)/t15-/m0/s1. The van der Waals surface area contributed by atoms with Crippen molar-refractivity contribution < 1.29 is 13.6 Å². The summed E-state index contributed by atoms with van der Waals surface area (Å²) >= 11 is 0. The Kier molecular flexibility index (Phi) is 4.66. The molecule has 0 fully saturated rings. The van der Waals surface area contributed by atoms with Crippen LogP contribution in [-0.2, 0) is 11.3 Å². The summed E-state index contributed by atoms with van der Waals surface area (Å²) in [6.45, 7) is 2.20. The molecule has 5 nitrogen and oxygen atoms in total. The lowest BCUT2D eigenvalue weighted by atomic mass is 10.1. The van der Waals surface area contributed by atoms with Crippen LogP contribution in [0.1, 0.15) is 12.7 Å². The van der Waals surface area contributed by atoms with E-state index < -0.39 is 0 Å². The number of carbonyl (C=O) groups excluding carboxylic acids is 1. The number of furan rings is 2. The molecule has 1 atom stereocenters. The van der Waals surface area contributed by atoms with Gasteiger partial charge in [0, 0.05) is 16.6 Å². The van der Waals surface area contributed by atoms with E-state index in [1.807, 2.05) is 67.6 Å². The first-order chi connectivity index (χ1) is 13.2. The van der Waals surface area contributed by atoms with E-state index >= 15 is 0 Å². The Hall–Kier alpha value is -3.47. The summed E-state index contributed by atoms with van der Waals surface area (Å²) in [5.41, 5.74) is 2.73. The van der Waals surface area contributed by atoms with Gasteiger partial charge in [0.05, 0.1) is 12.8 Å². The highest BCUT2D eigenvalue weighted by molar-refractivity contribution is 5.85. The van der Waals surface area contributed by atoms with Gasteiger partial charge in [-0.05, 0) is 55.5 Å². The molecular formula is C22H20N2O3. The molecule has 5 heteroatoms. The lowest BCUT2D eigenvalue weighted by Crippen LogP contribution is -2.37. The van der Waals surface area contributed by atoms with Gasteiger partial charge in [-0.1, -0.05) is 18.2 Å². The number of anilines is 1. The van der Waals surface area contributed by atoms with Gasteiger partial charge in [-0.3, -0.25) is 4.79 Å². The molecule has 0 saturated carbocycles. The normalized spacial score (nSPS) is 12.0. The van der Waals surface area contributed by atoms with Crippen LogP contribution in [-0.4, -0.2) is 11.9 Å². The van der Waals surface area contributed by atoms with E-state index in [-0.39, 0.29) is 11.9 Å². The van der Waals surface area contributed by atoms with Gasteiger partial charge in [0.2, 0.25) is 5.91 Å². The highest BCUT2D eigenvalue weighted by Gasteiger charge is 2.13. The molecule has 0 aliphatic rings. The maximum atomic E-state index is 12.2. The van der Waals surface area contributed by atoms with Crippen molar-refractivity contribution in [2.75, 3.05) is 5.32 Å². The second-order valence-electron chi connectivity index (χ2n) is 6.39. The van der Waals surface area contributed by atoms with Crippen LogP contribution < -0.4 is 10.6 Å². The van der Waals surface area contributed by atoms with Crippen molar-refractivity contribution in [3.05, 3.63) is 78.8 Å². The number of para-hydroxylation sites is 1. The maximum absolute atomic E-state index is 12.2. The molecule has 27 heavy (non-hydrogen) atoms. The summed E-state index contributed by atoms with van der Waals surface area (Å²) in [6.07, 6.45) is 1.59. The number of nitrogens with one attached hydrogen (secondary N) is 2. The fourth-order valence-electron chi connectivity index (χ4n) is 2.91. The molecule has 0 spiro atoms. The lowest BCUT2D eigenvalue weighted by Gasteiger charge is -2.15. The first-order valence-corrected chi connectivity index (χ1v) is 8.85. The van der Waals surface area contributed by atoms with Crippen molar-refractivity contribution in [1.82, 2.24) is 5.32 Å². The molecule has 2 heterocycles. The molecule has 0 bridgehead atoms. The molecule has 0 radical (unpaired) electrons. The first kappa shape index (κ1) is 17.0. The number of rotatable bonds is 6. The highest BCUT2D eigenvalue weighted by Crippen LogP contribution is 2.28. The van der Waals surface area contributed by atoms with Gasteiger partial charge in [-0.15, -0.1) is 0 Å². The van der Waals surface area contributed by atoms with E-state index in [0.29, 0.717) is 6.54 Å². The third kappa shape index (κ3) is 3.87. The van der Waals surface area contributed by atoms with E-state index in [0.717, 1.165) is 33.7 Å². The van der Waals surface area contributed by atoms with Gasteiger partial charge in [0.15, 0.2) is 0 Å². The van der Waals surface area contributed by atoms with E-state index in [1.165, 1.54) is 0 Å². The minimum Gasteiger partial charge on any atom is -0.467 e. The van der Waals surface area contributed by atoms with Crippen LogP contribution in [0.15, 0.2) is 81.8 Å². The van der Waals surface area contributed by atoms with E-state index in [1.54, 1.807) is 12.3 Å². The van der Waals surface area contributed by atoms with Gasteiger partial charge in [-0.25, -0.2) is 0 Å². The third-order valence-corrected chi connectivity index (χ3v) is 4.39. The van der Waals surface area contributed by atoms with Crippen molar-refractivity contribution in [2.24, 2.45) is 0 Å². The number of hydrogen-bond donors (Lipinski definition) is 2. The Labute approximate surface area is 157 Å². The molecular weight excluding hydrogens is 340 g/mol. The average molecular weight is 360 g/mol. The second-order valence-corrected chi connectivity index (χ2v) is 6.39. The van der Waals surface area contributed by atoms with Crippen molar-refractivity contribution in [3.8, 4) is 11.3 Å². The molecule has 4 aromatic rings. The van der Waals surface area contributed by atoms with Gasteiger partial charge in [0.1, 0.15) is 23.1 Å². The fraction of sp³-hybridized carbons (Fsp3) is 0.136. The van der Waals surface area contributed by atoms with Crippen LogP contribution in [0.3, 0.4) is 0 Å². The molecule has 0 unspecified atom stereocenters. The van der Waals surface area contributed by atoms with Crippen LogP contribution in [0.4, 0.5) is 5.69 Å². The van der Waals surface area contributed by atoms with Crippen LogP contribution in [0.5, 0.6) is 0 Å². The molecule has 2 N–H and O–H groups in total. The van der Waals surface area contributed by atoms with Crippen LogP contribution >= 0.6 is 0 Å². The molecule has 0 aliphatic heterocycles. The Morgan fingerprint density at radius 1 is 1.04 bits per heavy atom. The smallest absolute Gasteiger partial charge is 0.242 e.